The third-order valence-electron chi connectivity index (χ3n) is 2.45. The van der Waals surface area contributed by atoms with Gasteiger partial charge in [0, 0.05) is 11.5 Å². The number of aromatic nitrogens is 4. The van der Waals surface area contributed by atoms with Crippen molar-refractivity contribution in [1.29, 1.82) is 0 Å². The molecule has 84 valence electrons. The van der Waals surface area contributed by atoms with Crippen molar-refractivity contribution in [2.45, 2.75) is 0 Å². The first-order valence-electron chi connectivity index (χ1n) is 4.94. The highest BCUT2D eigenvalue weighted by molar-refractivity contribution is 14.1. The molecule has 2 aromatic heterocycles. The van der Waals surface area contributed by atoms with Crippen LogP contribution in [0.15, 0.2) is 42.6 Å². The topological polar surface area (TPSA) is 52.8 Å². The van der Waals surface area contributed by atoms with Gasteiger partial charge in [-0.1, -0.05) is 18.2 Å². The number of benzene rings is 1. The van der Waals surface area contributed by atoms with E-state index in [1.807, 2.05) is 64.0 Å². The molecule has 0 atom stereocenters. The molecule has 0 aliphatic carbocycles. The third-order valence-corrected chi connectivity index (χ3v) is 2.90. The van der Waals surface area contributed by atoms with Gasteiger partial charge in [0.1, 0.15) is 0 Å². The number of halogens is 1. The molecule has 0 radical (unpaired) electrons. The minimum Gasteiger partial charge on any atom is -0.410 e. The van der Waals surface area contributed by atoms with Gasteiger partial charge in [-0.3, -0.25) is 4.57 Å². The molecule has 0 amide bonds. The highest BCUT2D eigenvalue weighted by Crippen LogP contribution is 2.28. The second-order valence-electron chi connectivity index (χ2n) is 3.44. The Bertz CT molecular complexity index is 653. The standard InChI is InChI=1S/C11H7IN4O/c12-17-10-6-8-7-13-15-14-11(8)16(10)9-4-2-1-3-5-9/h1-7H. The van der Waals surface area contributed by atoms with E-state index in [-0.39, 0.29) is 0 Å². The van der Waals surface area contributed by atoms with Gasteiger partial charge in [0.2, 0.25) is 5.88 Å². The first-order valence-corrected chi connectivity index (χ1v) is 5.82. The summed E-state index contributed by atoms with van der Waals surface area (Å²) in [5.74, 6) is 0.703. The summed E-state index contributed by atoms with van der Waals surface area (Å²) in [5, 5.41) is 12.4. The van der Waals surface area contributed by atoms with Gasteiger partial charge in [0.05, 0.1) is 11.9 Å². The molecule has 0 bridgehead atoms. The molecule has 5 nitrogen and oxygen atoms in total. The molecule has 0 N–H and O–H groups in total. The Morgan fingerprint density at radius 3 is 2.76 bits per heavy atom. The summed E-state index contributed by atoms with van der Waals surface area (Å²) in [5.41, 5.74) is 1.72. The maximum atomic E-state index is 5.32. The van der Waals surface area contributed by atoms with Crippen LogP contribution in [0.5, 0.6) is 5.88 Å². The summed E-state index contributed by atoms with van der Waals surface area (Å²) in [6, 6.07) is 11.8. The maximum Gasteiger partial charge on any atom is 0.212 e. The van der Waals surface area contributed by atoms with Gasteiger partial charge in [-0.2, -0.15) is 0 Å². The molecular weight excluding hydrogens is 331 g/mol. The van der Waals surface area contributed by atoms with Crippen LogP contribution in [-0.4, -0.2) is 20.0 Å². The molecule has 17 heavy (non-hydrogen) atoms. The Morgan fingerprint density at radius 1 is 1.18 bits per heavy atom. The van der Waals surface area contributed by atoms with E-state index in [1.54, 1.807) is 6.20 Å². The van der Waals surface area contributed by atoms with Crippen molar-refractivity contribution in [1.82, 2.24) is 20.0 Å². The van der Waals surface area contributed by atoms with Crippen LogP contribution in [0, 0.1) is 0 Å². The van der Waals surface area contributed by atoms with Crippen molar-refractivity contribution < 1.29 is 3.07 Å². The van der Waals surface area contributed by atoms with E-state index in [9.17, 15) is 0 Å². The lowest BCUT2D eigenvalue weighted by atomic mass is 10.3. The molecular formula is C11H7IN4O. The highest BCUT2D eigenvalue weighted by atomic mass is 127. The number of para-hydroxylation sites is 1. The fourth-order valence-electron chi connectivity index (χ4n) is 1.73. The Kier molecular flexibility index (Phi) is 2.63. The Hall–Kier alpha value is -1.70. The van der Waals surface area contributed by atoms with Crippen molar-refractivity contribution in [2.75, 3.05) is 0 Å². The van der Waals surface area contributed by atoms with Gasteiger partial charge in [0.15, 0.2) is 28.7 Å². The van der Waals surface area contributed by atoms with Crippen LogP contribution in [0.1, 0.15) is 0 Å². The van der Waals surface area contributed by atoms with Gasteiger partial charge in [-0.25, -0.2) is 0 Å². The molecule has 0 saturated heterocycles. The number of rotatable bonds is 2. The number of hydrogen-bond acceptors (Lipinski definition) is 4. The lowest BCUT2D eigenvalue weighted by Crippen LogP contribution is -1.97. The van der Waals surface area contributed by atoms with Crippen molar-refractivity contribution in [3.63, 3.8) is 0 Å². The van der Waals surface area contributed by atoms with Crippen molar-refractivity contribution in [3.05, 3.63) is 42.6 Å². The van der Waals surface area contributed by atoms with Crippen LogP contribution < -0.4 is 3.07 Å². The molecule has 0 aliphatic heterocycles. The molecule has 6 heteroatoms. The summed E-state index contributed by atoms with van der Waals surface area (Å²) < 4.78 is 7.22. The molecule has 0 saturated carbocycles. The first kappa shape index (κ1) is 10.5. The molecule has 0 fully saturated rings. The molecule has 0 spiro atoms. The monoisotopic (exact) mass is 338 g/mol. The second-order valence-corrected chi connectivity index (χ2v) is 3.88. The Labute approximate surface area is 111 Å². The summed E-state index contributed by atoms with van der Waals surface area (Å²) in [7, 11) is 0. The minimum atomic E-state index is 0.703. The van der Waals surface area contributed by atoms with E-state index in [0.29, 0.717) is 5.88 Å². The third kappa shape index (κ3) is 1.74. The molecule has 0 unspecified atom stereocenters. The summed E-state index contributed by atoms with van der Waals surface area (Å²) in [6.07, 6.45) is 1.67. The highest BCUT2D eigenvalue weighted by Gasteiger charge is 2.12. The number of fused-ring (bicyclic) bond motifs is 1. The molecule has 2 heterocycles. The predicted molar refractivity (Wildman–Crippen MR) is 71.3 cm³/mol. The molecule has 3 aromatic rings. The number of nitrogens with zero attached hydrogens (tertiary/aromatic N) is 4. The van der Waals surface area contributed by atoms with Gasteiger partial charge in [-0.15, -0.1) is 10.2 Å². The molecule has 0 aliphatic rings. The lowest BCUT2D eigenvalue weighted by molar-refractivity contribution is 0.661. The zero-order valence-electron chi connectivity index (χ0n) is 8.62. The van der Waals surface area contributed by atoms with Gasteiger partial charge >= 0.3 is 0 Å². The van der Waals surface area contributed by atoms with E-state index in [4.69, 9.17) is 3.07 Å². The minimum absolute atomic E-state index is 0.703. The van der Waals surface area contributed by atoms with Crippen LogP contribution in [0.2, 0.25) is 0 Å². The quantitative estimate of drug-likeness (QED) is 0.674. The van der Waals surface area contributed by atoms with E-state index >= 15 is 0 Å². The van der Waals surface area contributed by atoms with Crippen LogP contribution >= 0.6 is 23.0 Å². The summed E-state index contributed by atoms with van der Waals surface area (Å²) in [4.78, 5) is 0. The lowest BCUT2D eigenvalue weighted by Gasteiger charge is -2.06. The van der Waals surface area contributed by atoms with Crippen LogP contribution in [0.4, 0.5) is 0 Å². The SMILES string of the molecule is IOc1cc2cnnnc2n1-c1ccccc1. The van der Waals surface area contributed by atoms with E-state index in [0.717, 1.165) is 16.7 Å². The largest absolute Gasteiger partial charge is 0.410 e. The summed E-state index contributed by atoms with van der Waals surface area (Å²) >= 11 is 1.85. The van der Waals surface area contributed by atoms with Gasteiger partial charge in [-0.05, 0) is 17.3 Å². The Balaban J connectivity index is 2.34. The fraction of sp³-hybridized carbons (Fsp3) is 0. The van der Waals surface area contributed by atoms with Crippen LogP contribution in [-0.2, 0) is 0 Å². The zero-order valence-corrected chi connectivity index (χ0v) is 10.8. The van der Waals surface area contributed by atoms with E-state index in [2.05, 4.69) is 15.4 Å². The smallest absolute Gasteiger partial charge is 0.212 e. The molecule has 3 rings (SSSR count). The fourth-order valence-corrected chi connectivity index (χ4v) is 2.06. The van der Waals surface area contributed by atoms with E-state index in [1.165, 1.54) is 0 Å². The van der Waals surface area contributed by atoms with Crippen molar-refractivity contribution >= 4 is 34.0 Å². The van der Waals surface area contributed by atoms with Gasteiger partial charge < -0.3 is 3.07 Å². The summed E-state index contributed by atoms with van der Waals surface area (Å²) in [6.45, 7) is 0. The van der Waals surface area contributed by atoms with Crippen molar-refractivity contribution in [3.8, 4) is 11.6 Å². The first-order chi connectivity index (χ1) is 8.40. The second kappa shape index (κ2) is 4.28. The normalized spacial score (nSPS) is 10.6. The van der Waals surface area contributed by atoms with Crippen LogP contribution in [0.25, 0.3) is 16.7 Å². The zero-order chi connectivity index (χ0) is 11.7. The maximum absolute atomic E-state index is 5.32. The van der Waals surface area contributed by atoms with Crippen LogP contribution in [0.3, 0.4) is 0 Å². The average Bonchev–Trinajstić information content (AvgIpc) is 2.78. The molecule has 1 aromatic carbocycles. The average molecular weight is 338 g/mol. The van der Waals surface area contributed by atoms with Gasteiger partial charge in [0.25, 0.3) is 0 Å². The Morgan fingerprint density at radius 2 is 2.00 bits per heavy atom. The predicted octanol–water partition coefficient (Wildman–Crippen LogP) is 2.54. The van der Waals surface area contributed by atoms with Crippen molar-refractivity contribution in [2.24, 2.45) is 0 Å². The number of hydrogen-bond donors (Lipinski definition) is 0. The van der Waals surface area contributed by atoms with E-state index < -0.39 is 0 Å².